The van der Waals surface area contributed by atoms with Crippen molar-refractivity contribution >= 4 is 47.2 Å². The number of aliphatic imine (C=N–C) groups is 1. The summed E-state index contributed by atoms with van der Waals surface area (Å²) >= 11 is 12.1. The van der Waals surface area contributed by atoms with E-state index in [-0.39, 0.29) is 11.6 Å². The van der Waals surface area contributed by atoms with Gasteiger partial charge in [-0.3, -0.25) is 0 Å². The minimum Gasteiger partial charge on any atom is -0.497 e. The van der Waals surface area contributed by atoms with Crippen LogP contribution in [-0.4, -0.2) is 26.1 Å². The summed E-state index contributed by atoms with van der Waals surface area (Å²) in [6.45, 7) is 0. The Labute approximate surface area is 166 Å². The molecule has 0 bridgehead atoms. The molecule has 0 saturated carbocycles. The Balaban J connectivity index is 1.87. The van der Waals surface area contributed by atoms with Gasteiger partial charge in [0.2, 0.25) is 5.90 Å². The van der Waals surface area contributed by atoms with E-state index in [0.717, 1.165) is 0 Å². The molecule has 0 aromatic heterocycles. The number of cyclic esters (lactones) is 1. The van der Waals surface area contributed by atoms with Crippen LogP contribution < -0.4 is 9.47 Å². The first-order valence-electron chi connectivity index (χ1n) is 7.88. The standard InChI is InChI=1S/C20H15Cl2NO4/c1-25-14-8-6-13(17(11-14)26-2)10-16-20(24)27-18(23-16)9-7-12-4-3-5-15(21)19(12)22/h3-11H,1-2H3/b9-7+,16-10+. The van der Waals surface area contributed by atoms with Crippen molar-refractivity contribution in [2.75, 3.05) is 14.2 Å². The minimum absolute atomic E-state index is 0.162. The Hall–Kier alpha value is -2.76. The summed E-state index contributed by atoms with van der Waals surface area (Å²) in [5.41, 5.74) is 1.53. The van der Waals surface area contributed by atoms with Crippen molar-refractivity contribution in [2.24, 2.45) is 4.99 Å². The number of hydrogen-bond donors (Lipinski definition) is 0. The van der Waals surface area contributed by atoms with Crippen LogP contribution in [0.15, 0.2) is 53.2 Å². The van der Waals surface area contributed by atoms with Crippen molar-refractivity contribution < 1.29 is 19.0 Å². The molecule has 0 unspecified atom stereocenters. The predicted octanol–water partition coefficient (Wildman–Crippen LogP) is 5.02. The Kier molecular flexibility index (Phi) is 5.84. The topological polar surface area (TPSA) is 57.1 Å². The highest BCUT2D eigenvalue weighted by molar-refractivity contribution is 6.42. The van der Waals surface area contributed by atoms with E-state index in [0.29, 0.717) is 32.7 Å². The quantitative estimate of drug-likeness (QED) is 0.519. The second kappa shape index (κ2) is 8.29. The lowest BCUT2D eigenvalue weighted by molar-refractivity contribution is -0.129. The number of carbonyl (C=O) groups excluding carboxylic acids is 1. The Bertz CT molecular complexity index is 980. The van der Waals surface area contributed by atoms with Crippen LogP contribution >= 0.6 is 23.2 Å². The van der Waals surface area contributed by atoms with Gasteiger partial charge in [-0.1, -0.05) is 35.3 Å². The molecule has 0 aliphatic carbocycles. The number of carbonyl (C=O) groups is 1. The highest BCUT2D eigenvalue weighted by Crippen LogP contribution is 2.29. The lowest BCUT2D eigenvalue weighted by Crippen LogP contribution is -2.01. The van der Waals surface area contributed by atoms with Crippen molar-refractivity contribution in [1.82, 2.24) is 0 Å². The molecule has 0 saturated heterocycles. The molecule has 1 aliphatic heterocycles. The number of halogens is 2. The normalized spacial score (nSPS) is 15.2. The van der Waals surface area contributed by atoms with Crippen LogP contribution in [0, 0.1) is 0 Å². The van der Waals surface area contributed by atoms with E-state index in [9.17, 15) is 4.79 Å². The number of benzene rings is 2. The second-order valence-corrected chi connectivity index (χ2v) is 6.24. The van der Waals surface area contributed by atoms with Gasteiger partial charge in [0.15, 0.2) is 5.70 Å². The monoisotopic (exact) mass is 403 g/mol. The zero-order valence-corrected chi connectivity index (χ0v) is 16.0. The number of esters is 1. The van der Waals surface area contributed by atoms with Crippen molar-refractivity contribution in [2.45, 2.75) is 0 Å². The summed E-state index contributed by atoms with van der Waals surface area (Å²) in [5.74, 6) is 0.813. The third-order valence-electron chi connectivity index (χ3n) is 3.76. The molecule has 0 amide bonds. The first-order valence-corrected chi connectivity index (χ1v) is 8.64. The molecule has 1 heterocycles. The van der Waals surface area contributed by atoms with Crippen LogP contribution in [-0.2, 0) is 9.53 Å². The van der Waals surface area contributed by atoms with Gasteiger partial charge in [-0.25, -0.2) is 9.79 Å². The number of hydrogen-bond acceptors (Lipinski definition) is 5. The minimum atomic E-state index is -0.551. The van der Waals surface area contributed by atoms with Crippen molar-refractivity contribution in [1.29, 1.82) is 0 Å². The molecule has 5 nitrogen and oxygen atoms in total. The molecule has 7 heteroatoms. The van der Waals surface area contributed by atoms with Crippen LogP contribution in [0.2, 0.25) is 10.0 Å². The summed E-state index contributed by atoms with van der Waals surface area (Å²) in [7, 11) is 3.10. The zero-order valence-electron chi connectivity index (χ0n) is 14.5. The third-order valence-corrected chi connectivity index (χ3v) is 4.59. The lowest BCUT2D eigenvalue weighted by atomic mass is 10.1. The molecule has 0 radical (unpaired) electrons. The Morgan fingerprint density at radius 2 is 1.85 bits per heavy atom. The van der Waals surface area contributed by atoms with Gasteiger partial charge in [0.25, 0.3) is 0 Å². The molecule has 27 heavy (non-hydrogen) atoms. The summed E-state index contributed by atoms with van der Waals surface area (Å²) in [5, 5.41) is 0.857. The van der Waals surface area contributed by atoms with E-state index < -0.39 is 5.97 Å². The average Bonchev–Trinajstić information content (AvgIpc) is 3.02. The van der Waals surface area contributed by atoms with Crippen LogP contribution in [0.3, 0.4) is 0 Å². The fourth-order valence-electron chi connectivity index (χ4n) is 2.39. The van der Waals surface area contributed by atoms with Gasteiger partial charge in [-0.05, 0) is 35.9 Å². The predicted molar refractivity (Wildman–Crippen MR) is 107 cm³/mol. The number of rotatable bonds is 5. The number of methoxy groups -OCH3 is 2. The van der Waals surface area contributed by atoms with E-state index >= 15 is 0 Å². The Morgan fingerprint density at radius 3 is 2.59 bits per heavy atom. The molecule has 1 aliphatic rings. The first kappa shape index (κ1) is 19.0. The van der Waals surface area contributed by atoms with Crippen LogP contribution in [0.5, 0.6) is 11.5 Å². The maximum absolute atomic E-state index is 12.1. The van der Waals surface area contributed by atoms with E-state index in [1.54, 1.807) is 61.7 Å². The van der Waals surface area contributed by atoms with E-state index in [2.05, 4.69) is 4.99 Å². The van der Waals surface area contributed by atoms with Gasteiger partial charge in [0.05, 0.1) is 24.3 Å². The number of nitrogens with zero attached hydrogens (tertiary/aromatic N) is 1. The zero-order chi connectivity index (χ0) is 19.4. The van der Waals surface area contributed by atoms with Crippen LogP contribution in [0.25, 0.3) is 12.2 Å². The van der Waals surface area contributed by atoms with Gasteiger partial charge in [-0.2, -0.15) is 0 Å². The van der Waals surface area contributed by atoms with Gasteiger partial charge in [0.1, 0.15) is 11.5 Å². The second-order valence-electron chi connectivity index (χ2n) is 5.45. The van der Waals surface area contributed by atoms with Gasteiger partial charge < -0.3 is 14.2 Å². The fourth-order valence-corrected chi connectivity index (χ4v) is 2.76. The lowest BCUT2D eigenvalue weighted by Gasteiger charge is -2.07. The molecular formula is C20H15Cl2NO4. The molecule has 3 rings (SSSR count). The number of ether oxygens (including phenoxy) is 3. The first-order chi connectivity index (χ1) is 13.0. The van der Waals surface area contributed by atoms with Crippen molar-refractivity contribution in [3.05, 3.63) is 69.3 Å². The van der Waals surface area contributed by atoms with Gasteiger partial charge in [-0.15, -0.1) is 0 Å². The molecular weight excluding hydrogens is 389 g/mol. The molecule has 138 valence electrons. The molecule has 2 aromatic rings. The van der Waals surface area contributed by atoms with E-state index in [4.69, 9.17) is 37.4 Å². The smallest absolute Gasteiger partial charge is 0.363 e. The van der Waals surface area contributed by atoms with E-state index in [1.807, 2.05) is 0 Å². The molecule has 0 N–H and O–H groups in total. The largest absolute Gasteiger partial charge is 0.497 e. The molecule has 0 atom stereocenters. The maximum atomic E-state index is 12.1. The molecule has 0 spiro atoms. The average molecular weight is 404 g/mol. The van der Waals surface area contributed by atoms with Crippen LogP contribution in [0.4, 0.5) is 0 Å². The SMILES string of the molecule is COc1ccc(/C=C2N=C(/C=C/c3cccc(Cl)c3Cl)OC/2=O)c(OC)c1. The fraction of sp³-hybridized carbons (Fsp3) is 0.100. The van der Waals surface area contributed by atoms with Gasteiger partial charge >= 0.3 is 5.97 Å². The summed E-state index contributed by atoms with van der Waals surface area (Å²) in [4.78, 5) is 16.3. The maximum Gasteiger partial charge on any atom is 0.363 e. The Morgan fingerprint density at radius 1 is 1.04 bits per heavy atom. The summed E-state index contributed by atoms with van der Waals surface area (Å²) in [6, 6.07) is 10.5. The highest BCUT2D eigenvalue weighted by Gasteiger charge is 2.22. The van der Waals surface area contributed by atoms with Crippen molar-refractivity contribution in [3.63, 3.8) is 0 Å². The summed E-state index contributed by atoms with van der Waals surface area (Å²) in [6.07, 6.45) is 4.83. The molecule has 0 fully saturated rings. The summed E-state index contributed by atoms with van der Waals surface area (Å²) < 4.78 is 15.7. The third kappa shape index (κ3) is 4.32. The van der Waals surface area contributed by atoms with Crippen molar-refractivity contribution in [3.8, 4) is 11.5 Å². The van der Waals surface area contributed by atoms with E-state index in [1.165, 1.54) is 7.11 Å². The molecule has 2 aromatic carbocycles. The van der Waals surface area contributed by atoms with Crippen LogP contribution in [0.1, 0.15) is 11.1 Å². The highest BCUT2D eigenvalue weighted by atomic mass is 35.5. The van der Waals surface area contributed by atoms with Gasteiger partial charge in [0, 0.05) is 17.7 Å².